The van der Waals surface area contributed by atoms with Crippen molar-refractivity contribution in [2.75, 3.05) is 26.2 Å². The van der Waals surface area contributed by atoms with Gasteiger partial charge in [0.1, 0.15) is 0 Å². The lowest BCUT2D eigenvalue weighted by Gasteiger charge is -2.32. The molecule has 27 heavy (non-hydrogen) atoms. The van der Waals surface area contributed by atoms with Gasteiger partial charge in [-0.15, -0.1) is 0 Å². The summed E-state index contributed by atoms with van der Waals surface area (Å²) >= 11 is 1.57. The Balaban J connectivity index is 1.72. The molecule has 1 aliphatic heterocycles. The Labute approximate surface area is 161 Å². The fourth-order valence-electron chi connectivity index (χ4n) is 3.22. The molecule has 0 bridgehead atoms. The normalized spacial score (nSPS) is 16.0. The molecule has 1 fully saturated rings. The molecule has 8 nitrogen and oxygen atoms in total. The minimum atomic E-state index is -0.779. The van der Waals surface area contributed by atoms with E-state index in [9.17, 15) is 14.4 Å². The second-order valence-electron chi connectivity index (χ2n) is 6.47. The Morgan fingerprint density at radius 3 is 2.67 bits per heavy atom. The summed E-state index contributed by atoms with van der Waals surface area (Å²) in [7, 11) is 0. The number of rotatable bonds is 5. The van der Waals surface area contributed by atoms with Crippen molar-refractivity contribution in [3.63, 3.8) is 0 Å². The van der Waals surface area contributed by atoms with Crippen molar-refractivity contribution >= 4 is 29.2 Å². The lowest BCUT2D eigenvalue weighted by atomic mass is 10.1. The first-order valence-corrected chi connectivity index (χ1v) is 9.80. The van der Waals surface area contributed by atoms with Gasteiger partial charge in [0.15, 0.2) is 0 Å². The van der Waals surface area contributed by atoms with Crippen molar-refractivity contribution in [3.05, 3.63) is 39.8 Å². The Hall–Kier alpha value is -2.68. The minimum absolute atomic E-state index is 0.184. The van der Waals surface area contributed by atoms with E-state index in [-0.39, 0.29) is 19.1 Å². The molecule has 1 N–H and O–H groups in total. The summed E-state index contributed by atoms with van der Waals surface area (Å²) in [5.74, 6) is -1.41. The number of carbonyl (C=O) groups excluding carboxylic acids is 3. The molecule has 3 heterocycles. The van der Waals surface area contributed by atoms with Crippen LogP contribution in [0.2, 0.25) is 0 Å². The number of imide groups is 1. The standard InChI is InChI=1S/C18H23N5O3S/c1-4-21-6-7-22(17(25)16(21)24)18(26)19-10-15(14-5-8-27-11-14)23-13(3)9-12(2)20-23/h5,8-9,11,15H,4,6-7,10H2,1-3H3,(H,19,26). The van der Waals surface area contributed by atoms with E-state index in [1.165, 1.54) is 4.90 Å². The van der Waals surface area contributed by atoms with Crippen LogP contribution >= 0.6 is 11.3 Å². The van der Waals surface area contributed by atoms with Crippen molar-refractivity contribution < 1.29 is 14.4 Å². The number of amides is 4. The molecule has 0 saturated carbocycles. The zero-order chi connectivity index (χ0) is 19.6. The fourth-order valence-corrected chi connectivity index (χ4v) is 3.93. The molecule has 2 aromatic heterocycles. The molecular weight excluding hydrogens is 366 g/mol. The third kappa shape index (κ3) is 3.87. The number of hydrogen-bond donors (Lipinski definition) is 1. The molecule has 0 aromatic carbocycles. The van der Waals surface area contributed by atoms with E-state index in [4.69, 9.17) is 0 Å². The Bertz CT molecular complexity index is 845. The van der Waals surface area contributed by atoms with E-state index in [1.807, 2.05) is 41.4 Å². The van der Waals surface area contributed by atoms with Gasteiger partial charge in [-0.2, -0.15) is 16.4 Å². The van der Waals surface area contributed by atoms with Gasteiger partial charge < -0.3 is 10.2 Å². The largest absolute Gasteiger partial charge is 0.335 e. The molecule has 0 spiro atoms. The van der Waals surface area contributed by atoms with Gasteiger partial charge >= 0.3 is 17.8 Å². The summed E-state index contributed by atoms with van der Waals surface area (Å²) in [4.78, 5) is 39.2. The highest BCUT2D eigenvalue weighted by Gasteiger charge is 2.35. The van der Waals surface area contributed by atoms with Crippen LogP contribution in [0.15, 0.2) is 22.9 Å². The smallest absolute Gasteiger partial charge is 0.324 e. The first kappa shape index (κ1) is 19.1. The summed E-state index contributed by atoms with van der Waals surface area (Å²) in [5.41, 5.74) is 2.92. The number of hydrogen-bond acceptors (Lipinski definition) is 5. The topological polar surface area (TPSA) is 87.5 Å². The average molecular weight is 389 g/mol. The number of nitrogens with zero attached hydrogens (tertiary/aromatic N) is 4. The van der Waals surface area contributed by atoms with Crippen molar-refractivity contribution in [1.82, 2.24) is 24.9 Å². The van der Waals surface area contributed by atoms with Crippen LogP contribution in [-0.2, 0) is 9.59 Å². The summed E-state index contributed by atoms with van der Waals surface area (Å²) in [6, 6.07) is 3.24. The van der Waals surface area contributed by atoms with Gasteiger partial charge in [0, 0.05) is 31.9 Å². The molecule has 0 radical (unpaired) electrons. The van der Waals surface area contributed by atoms with Crippen LogP contribution < -0.4 is 5.32 Å². The maximum atomic E-state index is 12.5. The lowest BCUT2D eigenvalue weighted by molar-refractivity contribution is -0.153. The van der Waals surface area contributed by atoms with Crippen LogP contribution in [-0.4, -0.2) is 63.6 Å². The highest BCUT2D eigenvalue weighted by molar-refractivity contribution is 7.08. The molecular formula is C18H23N5O3S. The third-order valence-corrected chi connectivity index (χ3v) is 5.35. The van der Waals surface area contributed by atoms with Crippen LogP contribution in [0.25, 0.3) is 0 Å². The van der Waals surface area contributed by atoms with E-state index >= 15 is 0 Å². The van der Waals surface area contributed by atoms with Crippen molar-refractivity contribution in [3.8, 4) is 0 Å². The molecule has 1 unspecified atom stereocenters. The third-order valence-electron chi connectivity index (χ3n) is 4.65. The van der Waals surface area contributed by atoms with Gasteiger partial charge in [-0.1, -0.05) is 0 Å². The Kier molecular flexibility index (Phi) is 5.59. The number of likely N-dealkylation sites (N-methyl/N-ethyl adjacent to an activating group) is 1. The number of piperazine rings is 1. The van der Waals surface area contributed by atoms with Gasteiger partial charge in [-0.05, 0) is 49.2 Å². The summed E-state index contributed by atoms with van der Waals surface area (Å²) in [5, 5.41) is 11.3. The Morgan fingerprint density at radius 2 is 2.07 bits per heavy atom. The summed E-state index contributed by atoms with van der Waals surface area (Å²) in [6.45, 7) is 6.98. The molecule has 0 aliphatic carbocycles. The van der Waals surface area contributed by atoms with E-state index in [0.29, 0.717) is 13.1 Å². The summed E-state index contributed by atoms with van der Waals surface area (Å²) in [6.07, 6.45) is 0. The van der Waals surface area contributed by atoms with Gasteiger partial charge in [0.25, 0.3) is 0 Å². The zero-order valence-electron chi connectivity index (χ0n) is 15.6. The molecule has 144 valence electrons. The first-order valence-electron chi connectivity index (χ1n) is 8.85. The number of aromatic nitrogens is 2. The number of aryl methyl sites for hydroxylation is 2. The highest BCUT2D eigenvalue weighted by Crippen LogP contribution is 2.22. The second kappa shape index (κ2) is 7.91. The van der Waals surface area contributed by atoms with Crippen LogP contribution in [0.4, 0.5) is 4.79 Å². The molecule has 2 aromatic rings. The van der Waals surface area contributed by atoms with Crippen molar-refractivity contribution in [1.29, 1.82) is 0 Å². The van der Waals surface area contributed by atoms with Gasteiger partial charge in [0.05, 0.1) is 11.7 Å². The second-order valence-corrected chi connectivity index (χ2v) is 7.25. The monoisotopic (exact) mass is 389 g/mol. The number of nitrogens with one attached hydrogen (secondary N) is 1. The quantitative estimate of drug-likeness (QED) is 0.786. The predicted molar refractivity (Wildman–Crippen MR) is 102 cm³/mol. The molecule has 3 rings (SSSR count). The van der Waals surface area contributed by atoms with Crippen molar-refractivity contribution in [2.24, 2.45) is 0 Å². The molecule has 1 aliphatic rings. The van der Waals surface area contributed by atoms with E-state index in [1.54, 1.807) is 18.3 Å². The minimum Gasteiger partial charge on any atom is -0.335 e. The Morgan fingerprint density at radius 1 is 1.30 bits per heavy atom. The molecule has 1 atom stereocenters. The van der Waals surface area contributed by atoms with Crippen molar-refractivity contribution in [2.45, 2.75) is 26.8 Å². The van der Waals surface area contributed by atoms with E-state index in [0.717, 1.165) is 21.9 Å². The number of urea groups is 1. The number of thiophene rings is 1. The van der Waals surface area contributed by atoms with Gasteiger partial charge in [-0.25, -0.2) is 4.79 Å². The average Bonchev–Trinajstić information content (AvgIpc) is 3.27. The maximum absolute atomic E-state index is 12.5. The van der Waals surface area contributed by atoms with E-state index < -0.39 is 17.8 Å². The van der Waals surface area contributed by atoms with Gasteiger partial charge in [-0.3, -0.25) is 19.2 Å². The maximum Gasteiger partial charge on any atom is 0.324 e. The predicted octanol–water partition coefficient (Wildman–Crippen LogP) is 1.55. The zero-order valence-corrected chi connectivity index (χ0v) is 16.5. The SMILES string of the molecule is CCN1CCN(C(=O)NCC(c2ccsc2)n2nc(C)cc2C)C(=O)C1=O. The molecule has 4 amide bonds. The van der Waals surface area contributed by atoms with Crippen LogP contribution in [0.1, 0.15) is 29.9 Å². The summed E-state index contributed by atoms with van der Waals surface area (Å²) < 4.78 is 1.87. The van der Waals surface area contributed by atoms with Crippen LogP contribution in [0.5, 0.6) is 0 Å². The van der Waals surface area contributed by atoms with Crippen LogP contribution in [0, 0.1) is 13.8 Å². The van der Waals surface area contributed by atoms with E-state index in [2.05, 4.69) is 10.4 Å². The fraction of sp³-hybridized carbons (Fsp3) is 0.444. The molecule has 1 saturated heterocycles. The molecule has 9 heteroatoms. The highest BCUT2D eigenvalue weighted by atomic mass is 32.1. The number of carbonyl (C=O) groups is 3. The first-order chi connectivity index (χ1) is 12.9. The lowest BCUT2D eigenvalue weighted by Crippen LogP contribution is -2.58. The van der Waals surface area contributed by atoms with Gasteiger partial charge in [0.2, 0.25) is 0 Å². The van der Waals surface area contributed by atoms with Crippen LogP contribution in [0.3, 0.4) is 0 Å².